The predicted molar refractivity (Wildman–Crippen MR) is 80.5 cm³/mol. The molecule has 0 bridgehead atoms. The molecule has 0 amide bonds. The lowest BCUT2D eigenvalue weighted by Gasteiger charge is -2.45. The predicted octanol–water partition coefficient (Wildman–Crippen LogP) is 2.66. The van der Waals surface area contributed by atoms with Gasteiger partial charge in [0.05, 0.1) is 0 Å². The topological polar surface area (TPSA) is 24.5 Å². The number of nitrogens with zero attached hydrogens (tertiary/aromatic N) is 1. The Morgan fingerprint density at radius 1 is 1.26 bits per heavy atom. The molecule has 0 spiro atoms. The zero-order valence-corrected chi connectivity index (χ0v) is 13.1. The first-order chi connectivity index (χ1) is 9.15. The van der Waals surface area contributed by atoms with Gasteiger partial charge in [-0.05, 0) is 45.4 Å². The summed E-state index contributed by atoms with van der Waals surface area (Å²) in [5.41, 5.74) is 0.371. The molecule has 19 heavy (non-hydrogen) atoms. The average Bonchev–Trinajstić information content (AvgIpc) is 3.22. The van der Waals surface area contributed by atoms with Crippen LogP contribution in [0.1, 0.15) is 52.9 Å². The molecule has 1 aliphatic carbocycles. The molecule has 2 unspecified atom stereocenters. The first-order valence-electron chi connectivity index (χ1n) is 8.22. The van der Waals surface area contributed by atoms with Crippen LogP contribution in [0.3, 0.4) is 0 Å². The van der Waals surface area contributed by atoms with Crippen molar-refractivity contribution in [2.45, 2.75) is 64.5 Å². The van der Waals surface area contributed by atoms with Gasteiger partial charge in [0.25, 0.3) is 0 Å². The summed E-state index contributed by atoms with van der Waals surface area (Å²) in [7, 11) is 0. The zero-order chi connectivity index (χ0) is 13.7. The van der Waals surface area contributed by atoms with Crippen LogP contribution in [0.2, 0.25) is 0 Å². The third kappa shape index (κ3) is 4.44. The van der Waals surface area contributed by atoms with Gasteiger partial charge in [0.2, 0.25) is 0 Å². The van der Waals surface area contributed by atoms with Gasteiger partial charge in [-0.3, -0.25) is 4.90 Å². The van der Waals surface area contributed by atoms with Crippen molar-refractivity contribution in [2.75, 3.05) is 32.8 Å². The molecule has 1 heterocycles. The number of nitrogens with one attached hydrogen (secondary N) is 1. The van der Waals surface area contributed by atoms with Crippen LogP contribution in [0.25, 0.3) is 0 Å². The molecule has 112 valence electrons. The van der Waals surface area contributed by atoms with E-state index in [2.05, 4.69) is 31.0 Å². The van der Waals surface area contributed by atoms with E-state index in [1.807, 2.05) is 0 Å². The minimum Gasteiger partial charge on any atom is -0.381 e. The summed E-state index contributed by atoms with van der Waals surface area (Å²) >= 11 is 0. The SMILES string of the molecule is CCCCOCCCN1CC(C)(C2CC2)NCC1C. The van der Waals surface area contributed by atoms with E-state index in [9.17, 15) is 0 Å². The van der Waals surface area contributed by atoms with E-state index in [-0.39, 0.29) is 0 Å². The van der Waals surface area contributed by atoms with Crippen molar-refractivity contribution < 1.29 is 4.74 Å². The van der Waals surface area contributed by atoms with E-state index in [1.54, 1.807) is 0 Å². The summed E-state index contributed by atoms with van der Waals surface area (Å²) in [5.74, 6) is 0.920. The Bertz CT molecular complexity index is 267. The fourth-order valence-electron chi connectivity index (χ4n) is 3.16. The van der Waals surface area contributed by atoms with Crippen molar-refractivity contribution in [3.63, 3.8) is 0 Å². The van der Waals surface area contributed by atoms with Gasteiger partial charge in [-0.25, -0.2) is 0 Å². The van der Waals surface area contributed by atoms with Crippen molar-refractivity contribution >= 4 is 0 Å². The van der Waals surface area contributed by atoms with Crippen LogP contribution in [0.4, 0.5) is 0 Å². The van der Waals surface area contributed by atoms with Crippen LogP contribution < -0.4 is 5.32 Å². The van der Waals surface area contributed by atoms with Gasteiger partial charge in [0.1, 0.15) is 0 Å². The Balaban J connectivity index is 1.66. The molecule has 1 N–H and O–H groups in total. The lowest BCUT2D eigenvalue weighted by molar-refractivity contribution is 0.0657. The average molecular weight is 268 g/mol. The van der Waals surface area contributed by atoms with Crippen molar-refractivity contribution in [1.29, 1.82) is 0 Å². The third-order valence-corrected chi connectivity index (χ3v) is 4.81. The Kier molecular flexibility index (Phi) is 5.67. The Hall–Kier alpha value is -0.120. The summed E-state index contributed by atoms with van der Waals surface area (Å²) in [6, 6.07) is 0.669. The molecule has 2 rings (SSSR count). The number of piperazine rings is 1. The molecule has 1 aliphatic heterocycles. The second-order valence-corrected chi connectivity index (χ2v) is 6.71. The maximum absolute atomic E-state index is 5.67. The van der Waals surface area contributed by atoms with Gasteiger partial charge < -0.3 is 10.1 Å². The van der Waals surface area contributed by atoms with Gasteiger partial charge >= 0.3 is 0 Å². The maximum atomic E-state index is 5.67. The van der Waals surface area contributed by atoms with Crippen LogP contribution in [-0.2, 0) is 4.74 Å². The van der Waals surface area contributed by atoms with Gasteiger partial charge in [-0.15, -0.1) is 0 Å². The number of ether oxygens (including phenoxy) is 1. The Labute approximate surface area is 119 Å². The van der Waals surface area contributed by atoms with E-state index >= 15 is 0 Å². The molecular formula is C16H32N2O. The number of hydrogen-bond donors (Lipinski definition) is 1. The number of hydrogen-bond acceptors (Lipinski definition) is 3. The van der Waals surface area contributed by atoms with E-state index < -0.39 is 0 Å². The minimum absolute atomic E-state index is 0.371. The molecule has 3 heteroatoms. The van der Waals surface area contributed by atoms with Crippen LogP contribution in [-0.4, -0.2) is 49.3 Å². The Morgan fingerprint density at radius 2 is 2.00 bits per heavy atom. The smallest absolute Gasteiger partial charge is 0.0478 e. The van der Waals surface area contributed by atoms with Crippen LogP contribution in [0, 0.1) is 5.92 Å². The first kappa shape index (κ1) is 15.3. The van der Waals surface area contributed by atoms with Gasteiger partial charge in [-0.2, -0.15) is 0 Å². The van der Waals surface area contributed by atoms with Gasteiger partial charge in [0, 0.05) is 44.4 Å². The van der Waals surface area contributed by atoms with Crippen LogP contribution in [0.15, 0.2) is 0 Å². The summed E-state index contributed by atoms with van der Waals surface area (Å²) in [4.78, 5) is 2.66. The summed E-state index contributed by atoms with van der Waals surface area (Å²) in [6.07, 6.45) is 6.45. The molecule has 2 atom stereocenters. The van der Waals surface area contributed by atoms with E-state index in [1.165, 1.54) is 45.2 Å². The first-order valence-corrected chi connectivity index (χ1v) is 8.22. The second-order valence-electron chi connectivity index (χ2n) is 6.71. The molecule has 0 aromatic heterocycles. The molecule has 2 aliphatic rings. The second kappa shape index (κ2) is 7.05. The quantitative estimate of drug-likeness (QED) is 0.685. The highest BCUT2D eigenvalue weighted by atomic mass is 16.5. The van der Waals surface area contributed by atoms with E-state index in [0.717, 1.165) is 25.7 Å². The van der Waals surface area contributed by atoms with Crippen LogP contribution in [0.5, 0.6) is 0 Å². The van der Waals surface area contributed by atoms with Gasteiger partial charge in [0.15, 0.2) is 0 Å². The molecule has 1 saturated carbocycles. The molecule has 0 aromatic carbocycles. The third-order valence-electron chi connectivity index (χ3n) is 4.81. The largest absolute Gasteiger partial charge is 0.381 e. The standard InChI is InChI=1S/C16H32N2O/c1-4-5-10-19-11-6-9-18-13-16(3,15-7-8-15)17-12-14(18)2/h14-15,17H,4-13H2,1-3H3. The van der Waals surface area contributed by atoms with Crippen molar-refractivity contribution in [3.8, 4) is 0 Å². The van der Waals surface area contributed by atoms with Crippen LogP contribution >= 0.6 is 0 Å². The van der Waals surface area contributed by atoms with Crippen molar-refractivity contribution in [1.82, 2.24) is 10.2 Å². The minimum atomic E-state index is 0.371. The highest BCUT2D eigenvalue weighted by molar-refractivity contribution is 5.03. The van der Waals surface area contributed by atoms with Crippen molar-refractivity contribution in [2.24, 2.45) is 5.92 Å². The molecule has 3 nitrogen and oxygen atoms in total. The summed E-state index contributed by atoms with van der Waals surface area (Å²) in [5, 5.41) is 3.78. The molecular weight excluding hydrogens is 236 g/mol. The molecule has 0 radical (unpaired) electrons. The lowest BCUT2D eigenvalue weighted by Crippen LogP contribution is -2.63. The summed E-state index contributed by atoms with van der Waals surface area (Å²) in [6.45, 7) is 12.4. The molecule has 2 fully saturated rings. The highest BCUT2D eigenvalue weighted by Gasteiger charge is 2.44. The molecule has 1 saturated heterocycles. The molecule has 0 aromatic rings. The number of unbranched alkanes of at least 4 members (excludes halogenated alkanes) is 1. The van der Waals surface area contributed by atoms with E-state index in [0.29, 0.717) is 11.6 Å². The maximum Gasteiger partial charge on any atom is 0.0478 e. The van der Waals surface area contributed by atoms with E-state index in [4.69, 9.17) is 4.74 Å². The monoisotopic (exact) mass is 268 g/mol. The fraction of sp³-hybridized carbons (Fsp3) is 1.00. The number of rotatable bonds is 8. The lowest BCUT2D eigenvalue weighted by atomic mass is 9.91. The normalized spacial score (nSPS) is 32.7. The Morgan fingerprint density at radius 3 is 2.68 bits per heavy atom. The van der Waals surface area contributed by atoms with Crippen molar-refractivity contribution in [3.05, 3.63) is 0 Å². The zero-order valence-electron chi connectivity index (χ0n) is 13.1. The highest BCUT2D eigenvalue weighted by Crippen LogP contribution is 2.41. The summed E-state index contributed by atoms with van der Waals surface area (Å²) < 4.78 is 5.67. The fourth-order valence-corrected chi connectivity index (χ4v) is 3.16. The van der Waals surface area contributed by atoms with Gasteiger partial charge in [-0.1, -0.05) is 13.3 Å².